The van der Waals surface area contributed by atoms with Gasteiger partial charge in [0.15, 0.2) is 0 Å². The van der Waals surface area contributed by atoms with Gasteiger partial charge < -0.3 is 20.4 Å². The molecular formula is C14H25N5O2. The summed E-state index contributed by atoms with van der Waals surface area (Å²) in [7, 11) is 3.66. The van der Waals surface area contributed by atoms with Gasteiger partial charge in [-0.1, -0.05) is 6.92 Å². The van der Waals surface area contributed by atoms with Crippen molar-refractivity contribution in [2.45, 2.75) is 13.3 Å². The second kappa shape index (κ2) is 9.28. The van der Waals surface area contributed by atoms with Gasteiger partial charge in [0, 0.05) is 38.0 Å². The van der Waals surface area contributed by atoms with Crippen molar-refractivity contribution in [1.82, 2.24) is 15.2 Å². The Hall–Kier alpha value is -1.70. The molecule has 0 spiro atoms. The number of rotatable bonds is 9. The summed E-state index contributed by atoms with van der Waals surface area (Å²) >= 11 is 0. The number of aromatic nitrogens is 1. The average Bonchev–Trinajstić information content (AvgIpc) is 2.52. The molecule has 1 aromatic heterocycles. The highest BCUT2D eigenvalue weighted by molar-refractivity contribution is 5.95. The Morgan fingerprint density at radius 3 is 2.81 bits per heavy atom. The van der Waals surface area contributed by atoms with E-state index in [1.807, 2.05) is 14.0 Å². The van der Waals surface area contributed by atoms with Gasteiger partial charge in [-0.25, -0.2) is 10.8 Å². The smallest absolute Gasteiger partial charge is 0.251 e. The molecule has 0 fully saturated rings. The van der Waals surface area contributed by atoms with Crippen LogP contribution < -0.4 is 16.6 Å². The maximum absolute atomic E-state index is 12.1. The molecule has 21 heavy (non-hydrogen) atoms. The van der Waals surface area contributed by atoms with Gasteiger partial charge >= 0.3 is 0 Å². The first kappa shape index (κ1) is 17.4. The highest BCUT2D eigenvalue weighted by Crippen LogP contribution is 2.10. The van der Waals surface area contributed by atoms with Gasteiger partial charge in [-0.3, -0.25) is 4.79 Å². The van der Waals surface area contributed by atoms with Gasteiger partial charge in [-0.15, -0.1) is 0 Å². The summed E-state index contributed by atoms with van der Waals surface area (Å²) in [4.78, 5) is 18.5. The van der Waals surface area contributed by atoms with Crippen LogP contribution >= 0.6 is 0 Å². The molecule has 0 saturated heterocycles. The van der Waals surface area contributed by atoms with E-state index in [0.717, 1.165) is 25.2 Å². The minimum Gasteiger partial charge on any atom is -0.383 e. The molecule has 4 N–H and O–H groups in total. The van der Waals surface area contributed by atoms with E-state index in [1.54, 1.807) is 19.2 Å². The summed E-state index contributed by atoms with van der Waals surface area (Å²) in [6.07, 6.45) is 0.746. The molecule has 0 unspecified atom stereocenters. The maximum atomic E-state index is 12.1. The van der Waals surface area contributed by atoms with E-state index in [2.05, 4.69) is 20.6 Å². The van der Waals surface area contributed by atoms with E-state index < -0.39 is 0 Å². The van der Waals surface area contributed by atoms with Crippen LogP contribution in [0.15, 0.2) is 12.1 Å². The number of ether oxygens (including phenoxy) is 1. The molecule has 7 heteroatoms. The number of hydrogen-bond donors (Lipinski definition) is 3. The summed E-state index contributed by atoms with van der Waals surface area (Å²) in [5.74, 6) is 5.74. The predicted molar refractivity (Wildman–Crippen MR) is 83.1 cm³/mol. The number of nitrogen functional groups attached to an aromatic ring is 1. The molecule has 0 saturated carbocycles. The minimum absolute atomic E-state index is 0.122. The number of hydrogen-bond acceptors (Lipinski definition) is 6. The minimum atomic E-state index is -0.122. The first-order valence-corrected chi connectivity index (χ1v) is 7.04. The molecule has 0 aliphatic rings. The molecule has 0 aliphatic heterocycles. The number of pyridine rings is 1. The molecule has 0 atom stereocenters. The highest BCUT2D eigenvalue weighted by Gasteiger charge is 2.09. The second-order valence-electron chi connectivity index (χ2n) is 4.78. The van der Waals surface area contributed by atoms with E-state index in [0.29, 0.717) is 24.5 Å². The summed E-state index contributed by atoms with van der Waals surface area (Å²) < 4.78 is 5.01. The van der Waals surface area contributed by atoms with E-state index in [1.165, 1.54) is 0 Å². The molecule has 0 aromatic carbocycles. The lowest BCUT2D eigenvalue weighted by atomic mass is 10.2. The molecule has 0 bridgehead atoms. The molecule has 1 aromatic rings. The molecule has 1 heterocycles. The monoisotopic (exact) mass is 295 g/mol. The quantitative estimate of drug-likeness (QED) is 0.446. The van der Waals surface area contributed by atoms with Crippen molar-refractivity contribution in [3.05, 3.63) is 23.4 Å². The van der Waals surface area contributed by atoms with Crippen LogP contribution in [0.2, 0.25) is 0 Å². The molecule has 7 nitrogen and oxygen atoms in total. The van der Waals surface area contributed by atoms with Crippen molar-refractivity contribution in [3.63, 3.8) is 0 Å². The van der Waals surface area contributed by atoms with Crippen molar-refractivity contribution < 1.29 is 9.53 Å². The topological polar surface area (TPSA) is 92.5 Å². The number of likely N-dealkylation sites (N-methyl/N-ethyl adjacent to an activating group) is 1. The van der Waals surface area contributed by atoms with Gasteiger partial charge in [-0.2, -0.15) is 0 Å². The number of carbonyl (C=O) groups is 1. The summed E-state index contributed by atoms with van der Waals surface area (Å²) in [6.45, 7) is 4.84. The van der Waals surface area contributed by atoms with Crippen molar-refractivity contribution in [3.8, 4) is 0 Å². The van der Waals surface area contributed by atoms with Crippen LogP contribution in [-0.2, 0) is 11.2 Å². The summed E-state index contributed by atoms with van der Waals surface area (Å²) in [5.41, 5.74) is 3.87. The molecule has 1 amide bonds. The molecule has 1 rings (SSSR count). The Morgan fingerprint density at radius 1 is 1.43 bits per heavy atom. The Kier molecular flexibility index (Phi) is 7.66. The summed E-state index contributed by atoms with van der Waals surface area (Å²) in [6, 6.07) is 3.42. The van der Waals surface area contributed by atoms with E-state index in [9.17, 15) is 4.79 Å². The SMILES string of the molecule is CCc1cc(C(=O)NCCN(C)CCOC)cc(NN)n1. The second-order valence-corrected chi connectivity index (χ2v) is 4.78. The largest absolute Gasteiger partial charge is 0.383 e. The van der Waals surface area contributed by atoms with Crippen LogP contribution in [0.1, 0.15) is 23.0 Å². The third-order valence-corrected chi connectivity index (χ3v) is 3.11. The fourth-order valence-electron chi connectivity index (χ4n) is 1.80. The van der Waals surface area contributed by atoms with E-state index >= 15 is 0 Å². The Labute approximate surface area is 125 Å². The lowest BCUT2D eigenvalue weighted by molar-refractivity contribution is 0.0947. The number of anilines is 1. The van der Waals surface area contributed by atoms with Gasteiger partial charge in [0.05, 0.1) is 6.61 Å². The Bertz CT molecular complexity index is 431. The van der Waals surface area contributed by atoms with Crippen LogP contribution in [0, 0.1) is 0 Å². The van der Waals surface area contributed by atoms with Crippen LogP contribution in [0.3, 0.4) is 0 Å². The lowest BCUT2D eigenvalue weighted by Gasteiger charge is -2.16. The average molecular weight is 295 g/mol. The maximum Gasteiger partial charge on any atom is 0.251 e. The Balaban J connectivity index is 2.51. The number of nitrogens with zero attached hydrogens (tertiary/aromatic N) is 2. The zero-order chi connectivity index (χ0) is 15.7. The molecule has 0 aliphatic carbocycles. The zero-order valence-electron chi connectivity index (χ0n) is 13.0. The first-order valence-electron chi connectivity index (χ1n) is 7.04. The third-order valence-electron chi connectivity index (χ3n) is 3.11. The molecular weight excluding hydrogens is 270 g/mol. The highest BCUT2D eigenvalue weighted by atomic mass is 16.5. The van der Waals surface area contributed by atoms with E-state index in [-0.39, 0.29) is 5.91 Å². The lowest BCUT2D eigenvalue weighted by Crippen LogP contribution is -2.34. The number of nitrogens with one attached hydrogen (secondary N) is 2. The fourth-order valence-corrected chi connectivity index (χ4v) is 1.80. The molecule has 118 valence electrons. The molecule has 0 radical (unpaired) electrons. The van der Waals surface area contributed by atoms with Crippen molar-refractivity contribution in [1.29, 1.82) is 0 Å². The van der Waals surface area contributed by atoms with Crippen LogP contribution in [0.5, 0.6) is 0 Å². The normalized spacial score (nSPS) is 10.7. The zero-order valence-corrected chi connectivity index (χ0v) is 13.0. The number of amides is 1. The standard InChI is InChI=1S/C14H25N5O2/c1-4-12-9-11(10-13(17-12)18-15)14(20)16-5-6-19(2)7-8-21-3/h9-10H,4-8,15H2,1-3H3,(H,16,20)(H,17,18). The number of aryl methyl sites for hydroxylation is 1. The van der Waals surface area contributed by atoms with Gasteiger partial charge in [-0.05, 0) is 25.6 Å². The first-order chi connectivity index (χ1) is 10.1. The van der Waals surface area contributed by atoms with Crippen molar-refractivity contribution in [2.75, 3.05) is 45.8 Å². The van der Waals surface area contributed by atoms with Gasteiger partial charge in [0.1, 0.15) is 5.82 Å². The van der Waals surface area contributed by atoms with Crippen LogP contribution in [-0.4, -0.2) is 56.2 Å². The van der Waals surface area contributed by atoms with Crippen molar-refractivity contribution in [2.24, 2.45) is 5.84 Å². The fraction of sp³-hybridized carbons (Fsp3) is 0.571. The van der Waals surface area contributed by atoms with Gasteiger partial charge in [0.2, 0.25) is 0 Å². The Morgan fingerprint density at radius 2 is 2.19 bits per heavy atom. The number of methoxy groups -OCH3 is 1. The number of hydrazine groups is 1. The van der Waals surface area contributed by atoms with Gasteiger partial charge in [0.25, 0.3) is 5.91 Å². The number of nitrogens with two attached hydrogens (primary N) is 1. The summed E-state index contributed by atoms with van der Waals surface area (Å²) in [5, 5.41) is 2.89. The number of carbonyl (C=O) groups excluding carboxylic acids is 1. The van der Waals surface area contributed by atoms with Crippen molar-refractivity contribution >= 4 is 11.7 Å². The van der Waals surface area contributed by atoms with Crippen LogP contribution in [0.4, 0.5) is 5.82 Å². The van der Waals surface area contributed by atoms with E-state index in [4.69, 9.17) is 10.6 Å². The third kappa shape index (κ3) is 6.07. The predicted octanol–water partition coefficient (Wildman–Crippen LogP) is 0.238. The van der Waals surface area contributed by atoms with Crippen LogP contribution in [0.25, 0.3) is 0 Å².